The molecule has 0 radical (unpaired) electrons. The van der Waals surface area contributed by atoms with E-state index < -0.39 is 0 Å². The van der Waals surface area contributed by atoms with Gasteiger partial charge in [-0.05, 0) is 81.4 Å². The smallest absolute Gasteiger partial charge is 0.227 e. The molecule has 0 atom stereocenters. The Morgan fingerprint density at radius 2 is 2.00 bits per heavy atom. The maximum absolute atomic E-state index is 13.2. The first-order valence-electron chi connectivity index (χ1n) is 12.9. The van der Waals surface area contributed by atoms with Crippen LogP contribution in [-0.4, -0.2) is 40.8 Å². The van der Waals surface area contributed by atoms with Gasteiger partial charge in [-0.2, -0.15) is 5.10 Å². The number of benzene rings is 1. The molecular formula is C28H38N4O2. The largest absolute Gasteiger partial charge is 0.381 e. The van der Waals surface area contributed by atoms with Gasteiger partial charge in [-0.25, -0.2) is 0 Å². The van der Waals surface area contributed by atoms with Gasteiger partial charge >= 0.3 is 0 Å². The second kappa shape index (κ2) is 9.21. The van der Waals surface area contributed by atoms with E-state index in [-0.39, 0.29) is 5.91 Å². The lowest BCUT2D eigenvalue weighted by Gasteiger charge is -2.29. The number of aromatic nitrogens is 3. The topological polar surface area (TPSA) is 74.0 Å². The summed E-state index contributed by atoms with van der Waals surface area (Å²) in [6, 6.07) is 8.49. The van der Waals surface area contributed by atoms with Gasteiger partial charge in [0.2, 0.25) is 5.91 Å². The second-order valence-corrected chi connectivity index (χ2v) is 11.0. The predicted octanol–water partition coefficient (Wildman–Crippen LogP) is 6.02. The Hall–Kier alpha value is -2.60. The van der Waals surface area contributed by atoms with Crippen molar-refractivity contribution in [2.45, 2.75) is 78.2 Å². The molecule has 2 aliphatic rings. The van der Waals surface area contributed by atoms with Crippen LogP contribution in [0.15, 0.2) is 24.3 Å². The van der Waals surface area contributed by atoms with Crippen LogP contribution in [0.3, 0.4) is 0 Å². The molecule has 0 saturated heterocycles. The van der Waals surface area contributed by atoms with Crippen LogP contribution in [0.5, 0.6) is 0 Å². The van der Waals surface area contributed by atoms with Crippen molar-refractivity contribution < 1.29 is 9.53 Å². The number of H-pyrrole nitrogens is 2. The molecule has 1 aromatic carbocycles. The number of ether oxygens (including phenoxy) is 1. The van der Waals surface area contributed by atoms with E-state index in [1.54, 1.807) is 7.11 Å². The molecule has 5 rings (SSSR count). The zero-order chi connectivity index (χ0) is 23.9. The van der Waals surface area contributed by atoms with Crippen LogP contribution in [0.25, 0.3) is 22.3 Å². The third-order valence-electron chi connectivity index (χ3n) is 8.04. The summed E-state index contributed by atoms with van der Waals surface area (Å²) in [7, 11) is 1.79. The zero-order valence-corrected chi connectivity index (χ0v) is 21.0. The Balaban J connectivity index is 1.34. The Morgan fingerprint density at radius 3 is 2.74 bits per heavy atom. The van der Waals surface area contributed by atoms with Crippen LogP contribution in [0.2, 0.25) is 0 Å². The summed E-state index contributed by atoms with van der Waals surface area (Å²) >= 11 is 0. The molecule has 2 aliphatic carbocycles. The average molecular weight is 463 g/mol. The number of rotatable bonds is 6. The number of amides is 1. The number of aromatic amines is 2. The van der Waals surface area contributed by atoms with Crippen LogP contribution in [-0.2, 0) is 22.4 Å². The quantitative estimate of drug-likeness (QED) is 0.470. The summed E-state index contributed by atoms with van der Waals surface area (Å²) in [5, 5.41) is 9.12. The van der Waals surface area contributed by atoms with E-state index >= 15 is 0 Å². The number of methoxy groups -OCH3 is 1. The Kier molecular flexibility index (Phi) is 6.28. The fourth-order valence-corrected chi connectivity index (χ4v) is 5.91. The van der Waals surface area contributed by atoms with Crippen molar-refractivity contribution in [2.75, 3.05) is 18.6 Å². The van der Waals surface area contributed by atoms with Gasteiger partial charge in [0.1, 0.15) is 5.69 Å². The van der Waals surface area contributed by atoms with E-state index in [9.17, 15) is 4.79 Å². The standard InChI is InChI=1S/C28H38N4O2/c1-5-32(26(33)14-18-6-10-21(34-4)11-7-18)20-9-8-19-15-24(29-23(19)16-20)27-22-12-13-28(2,3)17-25(22)30-31-27/h8-9,15-16,18,21,29H,5-7,10-14,17H2,1-4H3,(H,30,31). The van der Waals surface area contributed by atoms with E-state index in [0.717, 1.165) is 66.5 Å². The first kappa shape index (κ1) is 23.2. The van der Waals surface area contributed by atoms with Crippen molar-refractivity contribution in [3.05, 3.63) is 35.5 Å². The van der Waals surface area contributed by atoms with Crippen molar-refractivity contribution in [3.63, 3.8) is 0 Å². The summed E-state index contributed by atoms with van der Waals surface area (Å²) in [6.45, 7) is 7.38. The van der Waals surface area contributed by atoms with E-state index in [2.05, 4.69) is 60.2 Å². The van der Waals surface area contributed by atoms with Gasteiger partial charge in [-0.15, -0.1) is 0 Å². The minimum atomic E-state index is 0.221. The number of fused-ring (bicyclic) bond motifs is 2. The highest BCUT2D eigenvalue weighted by atomic mass is 16.5. The number of carbonyl (C=O) groups is 1. The highest BCUT2D eigenvalue weighted by molar-refractivity contribution is 5.96. The number of nitrogens with one attached hydrogen (secondary N) is 2. The molecule has 1 fully saturated rings. The Morgan fingerprint density at radius 1 is 1.21 bits per heavy atom. The molecule has 2 aromatic heterocycles. The van der Waals surface area contributed by atoms with Crippen molar-refractivity contribution >= 4 is 22.5 Å². The Labute approximate surface area is 202 Å². The molecule has 34 heavy (non-hydrogen) atoms. The van der Waals surface area contributed by atoms with Gasteiger partial charge in [0.25, 0.3) is 0 Å². The SMILES string of the molecule is CCN(C(=O)CC1CCC(OC)CC1)c1ccc2cc(-c3n[nH]c4c3CCC(C)(C)C4)[nH]c2c1. The van der Waals surface area contributed by atoms with E-state index in [4.69, 9.17) is 4.74 Å². The molecule has 0 bridgehead atoms. The van der Waals surface area contributed by atoms with Crippen LogP contribution in [0.4, 0.5) is 5.69 Å². The van der Waals surface area contributed by atoms with Crippen LogP contribution >= 0.6 is 0 Å². The first-order valence-corrected chi connectivity index (χ1v) is 12.9. The number of anilines is 1. The number of hydrogen-bond acceptors (Lipinski definition) is 3. The minimum Gasteiger partial charge on any atom is -0.381 e. The fourth-order valence-electron chi connectivity index (χ4n) is 5.91. The van der Waals surface area contributed by atoms with Crippen LogP contribution in [0.1, 0.15) is 70.6 Å². The molecular weight excluding hydrogens is 424 g/mol. The van der Waals surface area contributed by atoms with Crippen molar-refractivity contribution in [3.8, 4) is 11.4 Å². The van der Waals surface area contributed by atoms with Gasteiger partial charge < -0.3 is 14.6 Å². The average Bonchev–Trinajstić information content (AvgIpc) is 3.42. The molecule has 182 valence electrons. The molecule has 0 unspecified atom stereocenters. The second-order valence-electron chi connectivity index (χ2n) is 11.0. The summed E-state index contributed by atoms with van der Waals surface area (Å²) in [5.74, 6) is 0.683. The summed E-state index contributed by atoms with van der Waals surface area (Å²) in [6.07, 6.45) is 8.53. The van der Waals surface area contributed by atoms with Gasteiger partial charge in [-0.1, -0.05) is 19.9 Å². The van der Waals surface area contributed by atoms with Gasteiger partial charge in [0.05, 0.1) is 11.8 Å². The molecule has 2 N–H and O–H groups in total. The molecule has 0 spiro atoms. The normalized spacial score (nSPS) is 22.0. The lowest BCUT2D eigenvalue weighted by molar-refractivity contribution is -0.119. The highest BCUT2D eigenvalue weighted by Gasteiger charge is 2.30. The van der Waals surface area contributed by atoms with Crippen molar-refractivity contribution in [1.82, 2.24) is 15.2 Å². The molecule has 0 aliphatic heterocycles. The number of hydrogen-bond donors (Lipinski definition) is 2. The zero-order valence-electron chi connectivity index (χ0n) is 21.0. The number of carbonyl (C=O) groups excluding carboxylic acids is 1. The van der Waals surface area contributed by atoms with Crippen molar-refractivity contribution in [1.29, 1.82) is 0 Å². The molecule has 1 saturated carbocycles. The maximum atomic E-state index is 13.2. The maximum Gasteiger partial charge on any atom is 0.227 e. The molecule has 1 amide bonds. The van der Waals surface area contributed by atoms with Crippen molar-refractivity contribution in [2.24, 2.45) is 11.3 Å². The molecule has 3 aromatic rings. The van der Waals surface area contributed by atoms with Crippen LogP contribution in [0, 0.1) is 11.3 Å². The van der Waals surface area contributed by atoms with E-state index in [0.29, 0.717) is 30.4 Å². The summed E-state index contributed by atoms with van der Waals surface area (Å²) in [5.41, 5.74) is 7.04. The van der Waals surface area contributed by atoms with Gasteiger partial charge in [-0.3, -0.25) is 9.89 Å². The summed E-state index contributed by atoms with van der Waals surface area (Å²) < 4.78 is 5.49. The number of nitrogens with zero attached hydrogens (tertiary/aromatic N) is 2. The lowest BCUT2D eigenvalue weighted by atomic mass is 9.76. The molecule has 6 heteroatoms. The van der Waals surface area contributed by atoms with E-state index in [1.807, 2.05) is 4.90 Å². The minimum absolute atomic E-state index is 0.221. The predicted molar refractivity (Wildman–Crippen MR) is 137 cm³/mol. The highest BCUT2D eigenvalue weighted by Crippen LogP contribution is 2.38. The van der Waals surface area contributed by atoms with Gasteiger partial charge in [0, 0.05) is 47.9 Å². The Bertz CT molecular complexity index is 1170. The third-order valence-corrected chi connectivity index (χ3v) is 8.04. The third kappa shape index (κ3) is 4.52. The summed E-state index contributed by atoms with van der Waals surface area (Å²) in [4.78, 5) is 18.7. The van der Waals surface area contributed by atoms with Gasteiger partial charge in [0.15, 0.2) is 0 Å². The monoisotopic (exact) mass is 462 g/mol. The molecule has 2 heterocycles. The first-order chi connectivity index (χ1) is 16.4. The van der Waals surface area contributed by atoms with Crippen LogP contribution < -0.4 is 4.90 Å². The van der Waals surface area contributed by atoms with E-state index in [1.165, 1.54) is 17.7 Å². The molecule has 6 nitrogen and oxygen atoms in total. The fraction of sp³-hybridized carbons (Fsp3) is 0.571. The lowest BCUT2D eigenvalue weighted by Crippen LogP contribution is -2.33.